The fourth-order valence-corrected chi connectivity index (χ4v) is 3.58. The molecule has 86 valence electrons. The van der Waals surface area contributed by atoms with Gasteiger partial charge in [0.25, 0.3) is 0 Å². The Hall–Kier alpha value is -0.0800. The van der Waals surface area contributed by atoms with Crippen molar-refractivity contribution in [1.82, 2.24) is 10.2 Å². The van der Waals surface area contributed by atoms with Gasteiger partial charge >= 0.3 is 0 Å². The smallest absolute Gasteiger partial charge is 0.0249 e. The molecular formula is C13H24N2. The molecule has 2 heterocycles. The van der Waals surface area contributed by atoms with Crippen molar-refractivity contribution in [2.75, 3.05) is 19.6 Å². The maximum atomic E-state index is 3.70. The molecule has 0 aromatic rings. The third-order valence-corrected chi connectivity index (χ3v) is 4.69. The van der Waals surface area contributed by atoms with Crippen LogP contribution in [0.4, 0.5) is 0 Å². The summed E-state index contributed by atoms with van der Waals surface area (Å²) in [5.41, 5.74) is 0. The summed E-state index contributed by atoms with van der Waals surface area (Å²) in [6, 6.07) is 1.71. The second-order valence-corrected chi connectivity index (χ2v) is 5.70. The second kappa shape index (κ2) is 4.42. The van der Waals surface area contributed by atoms with E-state index in [0.29, 0.717) is 0 Å². The number of hydrogen-bond acceptors (Lipinski definition) is 2. The number of likely N-dealkylation sites (tertiary alicyclic amines) is 1. The van der Waals surface area contributed by atoms with Gasteiger partial charge in [0.05, 0.1) is 0 Å². The van der Waals surface area contributed by atoms with Crippen molar-refractivity contribution in [2.24, 2.45) is 5.92 Å². The molecule has 0 amide bonds. The van der Waals surface area contributed by atoms with Gasteiger partial charge in [-0.05, 0) is 57.5 Å². The van der Waals surface area contributed by atoms with Crippen molar-refractivity contribution in [1.29, 1.82) is 0 Å². The van der Waals surface area contributed by atoms with E-state index in [0.717, 1.165) is 18.0 Å². The molecule has 1 aliphatic carbocycles. The van der Waals surface area contributed by atoms with Gasteiger partial charge in [0.2, 0.25) is 0 Å². The van der Waals surface area contributed by atoms with E-state index < -0.39 is 0 Å². The molecule has 1 saturated carbocycles. The molecule has 15 heavy (non-hydrogen) atoms. The average Bonchev–Trinajstić information content (AvgIpc) is 2.81. The van der Waals surface area contributed by atoms with Gasteiger partial charge in [-0.15, -0.1) is 0 Å². The Labute approximate surface area is 93.4 Å². The van der Waals surface area contributed by atoms with Crippen LogP contribution in [0.1, 0.15) is 44.9 Å². The lowest BCUT2D eigenvalue weighted by Crippen LogP contribution is -2.46. The maximum Gasteiger partial charge on any atom is 0.0249 e. The van der Waals surface area contributed by atoms with E-state index in [1.165, 1.54) is 64.6 Å². The van der Waals surface area contributed by atoms with Crippen LogP contribution in [0.25, 0.3) is 0 Å². The standard InChI is InChI=1S/C13H24N2/c1-4-11(5-1)10-15-9-3-7-13(15)12-6-2-8-14-12/h11-14H,1-10H2. The first-order valence-corrected chi connectivity index (χ1v) is 6.91. The number of nitrogens with one attached hydrogen (secondary N) is 1. The molecule has 2 atom stereocenters. The van der Waals surface area contributed by atoms with Gasteiger partial charge < -0.3 is 5.32 Å². The van der Waals surface area contributed by atoms with Crippen LogP contribution in [0.3, 0.4) is 0 Å². The molecule has 0 spiro atoms. The largest absolute Gasteiger partial charge is 0.312 e. The van der Waals surface area contributed by atoms with Crippen LogP contribution in [-0.4, -0.2) is 36.6 Å². The molecule has 0 aromatic heterocycles. The van der Waals surface area contributed by atoms with Crippen molar-refractivity contribution < 1.29 is 0 Å². The molecule has 2 saturated heterocycles. The predicted octanol–water partition coefficient (Wildman–Crippen LogP) is 2.00. The lowest BCUT2D eigenvalue weighted by atomic mass is 9.85. The van der Waals surface area contributed by atoms with Crippen LogP contribution >= 0.6 is 0 Å². The highest BCUT2D eigenvalue weighted by Gasteiger charge is 2.34. The molecule has 1 N–H and O–H groups in total. The molecule has 3 aliphatic rings. The summed E-state index contributed by atoms with van der Waals surface area (Å²) in [4.78, 5) is 2.80. The van der Waals surface area contributed by atoms with Gasteiger partial charge in [-0.1, -0.05) is 6.42 Å². The molecule has 3 rings (SSSR count). The molecule has 0 bridgehead atoms. The highest BCUT2D eigenvalue weighted by Crippen LogP contribution is 2.31. The number of rotatable bonds is 3. The van der Waals surface area contributed by atoms with Gasteiger partial charge in [-0.2, -0.15) is 0 Å². The first kappa shape index (κ1) is 10.1. The summed E-state index contributed by atoms with van der Waals surface area (Å²) in [5, 5.41) is 3.70. The zero-order valence-corrected chi connectivity index (χ0v) is 9.75. The molecule has 3 fully saturated rings. The van der Waals surface area contributed by atoms with Crippen molar-refractivity contribution in [2.45, 2.75) is 57.0 Å². The van der Waals surface area contributed by atoms with Gasteiger partial charge in [0.15, 0.2) is 0 Å². The van der Waals surface area contributed by atoms with Crippen molar-refractivity contribution in [3.63, 3.8) is 0 Å². The quantitative estimate of drug-likeness (QED) is 0.763. The highest BCUT2D eigenvalue weighted by atomic mass is 15.2. The fourth-order valence-electron chi connectivity index (χ4n) is 3.58. The average molecular weight is 208 g/mol. The summed E-state index contributed by atoms with van der Waals surface area (Å²) >= 11 is 0. The van der Waals surface area contributed by atoms with E-state index in [-0.39, 0.29) is 0 Å². The SMILES string of the molecule is C1CC(CN2CCCC2C2CCCN2)C1. The van der Waals surface area contributed by atoms with E-state index in [2.05, 4.69) is 10.2 Å². The lowest BCUT2D eigenvalue weighted by Gasteiger charge is -2.35. The molecule has 2 aliphatic heterocycles. The Kier molecular flexibility index (Phi) is 2.98. The molecule has 2 nitrogen and oxygen atoms in total. The zero-order chi connectivity index (χ0) is 10.1. The Morgan fingerprint density at radius 1 is 1.00 bits per heavy atom. The van der Waals surface area contributed by atoms with E-state index in [1.54, 1.807) is 0 Å². The van der Waals surface area contributed by atoms with Gasteiger partial charge in [0.1, 0.15) is 0 Å². The molecular weight excluding hydrogens is 184 g/mol. The van der Waals surface area contributed by atoms with Crippen molar-refractivity contribution in [3.8, 4) is 0 Å². The van der Waals surface area contributed by atoms with Crippen LogP contribution in [0.15, 0.2) is 0 Å². The first-order valence-electron chi connectivity index (χ1n) is 6.91. The van der Waals surface area contributed by atoms with Crippen LogP contribution in [-0.2, 0) is 0 Å². The summed E-state index contributed by atoms with van der Waals surface area (Å²) in [6.45, 7) is 4.04. The topological polar surface area (TPSA) is 15.3 Å². The Bertz CT molecular complexity index is 207. The second-order valence-electron chi connectivity index (χ2n) is 5.70. The van der Waals surface area contributed by atoms with E-state index in [4.69, 9.17) is 0 Å². The monoisotopic (exact) mass is 208 g/mol. The van der Waals surface area contributed by atoms with E-state index >= 15 is 0 Å². The Morgan fingerprint density at radius 3 is 2.60 bits per heavy atom. The minimum absolute atomic E-state index is 0.826. The number of hydrogen-bond donors (Lipinski definition) is 1. The Balaban J connectivity index is 1.55. The zero-order valence-electron chi connectivity index (χ0n) is 9.75. The van der Waals surface area contributed by atoms with Crippen molar-refractivity contribution in [3.05, 3.63) is 0 Å². The summed E-state index contributed by atoms with van der Waals surface area (Å²) in [5.74, 6) is 1.05. The van der Waals surface area contributed by atoms with Crippen LogP contribution in [0, 0.1) is 5.92 Å². The lowest BCUT2D eigenvalue weighted by molar-refractivity contribution is 0.147. The third kappa shape index (κ3) is 2.07. The molecule has 0 radical (unpaired) electrons. The van der Waals surface area contributed by atoms with Crippen molar-refractivity contribution >= 4 is 0 Å². The van der Waals surface area contributed by atoms with Gasteiger partial charge in [0, 0.05) is 18.6 Å². The minimum atomic E-state index is 0.826. The van der Waals surface area contributed by atoms with Crippen LogP contribution in [0.5, 0.6) is 0 Å². The molecule has 2 heteroatoms. The van der Waals surface area contributed by atoms with Crippen LogP contribution < -0.4 is 5.32 Å². The maximum absolute atomic E-state index is 3.70. The summed E-state index contributed by atoms with van der Waals surface area (Å²) < 4.78 is 0. The fraction of sp³-hybridized carbons (Fsp3) is 1.00. The van der Waals surface area contributed by atoms with E-state index in [1.807, 2.05) is 0 Å². The van der Waals surface area contributed by atoms with Crippen LogP contribution in [0.2, 0.25) is 0 Å². The molecule has 0 aromatic carbocycles. The van der Waals surface area contributed by atoms with Gasteiger partial charge in [-0.3, -0.25) is 4.90 Å². The Morgan fingerprint density at radius 2 is 1.93 bits per heavy atom. The first-order chi connectivity index (χ1) is 7.43. The van der Waals surface area contributed by atoms with Gasteiger partial charge in [-0.25, -0.2) is 0 Å². The van der Waals surface area contributed by atoms with E-state index in [9.17, 15) is 0 Å². The highest BCUT2D eigenvalue weighted by molar-refractivity contribution is 4.93. The normalized spacial score (nSPS) is 38.4. The summed E-state index contributed by atoms with van der Waals surface area (Å²) in [7, 11) is 0. The third-order valence-electron chi connectivity index (χ3n) is 4.69. The predicted molar refractivity (Wildman–Crippen MR) is 63.0 cm³/mol. The number of nitrogens with zero attached hydrogens (tertiary/aromatic N) is 1. The molecule has 2 unspecified atom stereocenters. The summed E-state index contributed by atoms with van der Waals surface area (Å²) in [6.07, 6.45) is 10.2. The minimum Gasteiger partial charge on any atom is -0.312 e.